The molecule has 0 N–H and O–H groups in total. The van der Waals surface area contributed by atoms with E-state index in [-0.39, 0.29) is 0 Å². The van der Waals surface area contributed by atoms with Crippen LogP contribution in [0.2, 0.25) is 0 Å². The Bertz CT molecular complexity index is 374. The highest BCUT2D eigenvalue weighted by molar-refractivity contribution is 5.85. The largest absolute Gasteiger partial charge is 0.450 e. The number of amides is 1. The number of Topliss-reactive ketones (excluding diaryl/α,β-unsaturated/α-hetero) is 1. The Morgan fingerprint density at radius 2 is 1.80 bits per heavy atom. The van der Waals surface area contributed by atoms with Crippen LogP contribution in [-0.4, -0.2) is 41.1 Å². The molecule has 0 aromatic rings. The topological polar surface area (TPSA) is 46.6 Å². The molecule has 1 unspecified atom stereocenters. The Hall–Kier alpha value is -1.27. The number of hydrogen-bond acceptors (Lipinski definition) is 3. The Labute approximate surface area is 116 Å². The predicted octanol–water partition coefficient (Wildman–Crippen LogP) is 3.30. The number of alkyl halides is 3. The number of nitrogens with zero attached hydrogens (tertiary/aromatic N) is 1. The first-order chi connectivity index (χ1) is 9.00. The summed E-state index contributed by atoms with van der Waals surface area (Å²) in [6, 6.07) is -0.729. The van der Waals surface area contributed by atoms with Crippen LogP contribution in [0.3, 0.4) is 0 Å². The van der Waals surface area contributed by atoms with Gasteiger partial charge in [-0.05, 0) is 40.0 Å². The van der Waals surface area contributed by atoms with Gasteiger partial charge >= 0.3 is 12.3 Å². The molecule has 116 valence electrons. The van der Waals surface area contributed by atoms with E-state index < -0.39 is 36.1 Å². The lowest BCUT2D eigenvalue weighted by Crippen LogP contribution is -2.47. The molecule has 20 heavy (non-hydrogen) atoms. The molecule has 0 spiro atoms. The second kappa shape index (κ2) is 6.01. The van der Waals surface area contributed by atoms with Gasteiger partial charge in [0.15, 0.2) is 0 Å². The van der Waals surface area contributed by atoms with Gasteiger partial charge in [-0.1, -0.05) is 0 Å². The lowest BCUT2D eigenvalue weighted by atomic mass is 9.98. The van der Waals surface area contributed by atoms with Crippen LogP contribution in [0.1, 0.15) is 46.5 Å². The maximum absolute atomic E-state index is 12.3. The summed E-state index contributed by atoms with van der Waals surface area (Å²) in [5.41, 5.74) is -0.715. The SMILES string of the molecule is CC(C)(C)OC(=O)N1CCCCC1CC(=O)C(F)(F)F. The third-order valence-corrected chi connectivity index (χ3v) is 2.99. The molecular formula is C13H20F3NO3. The van der Waals surface area contributed by atoms with Gasteiger partial charge in [-0.2, -0.15) is 13.2 Å². The summed E-state index contributed by atoms with van der Waals surface area (Å²) in [7, 11) is 0. The van der Waals surface area contributed by atoms with E-state index in [0.29, 0.717) is 25.8 Å². The number of halogens is 3. The van der Waals surface area contributed by atoms with Gasteiger partial charge < -0.3 is 9.64 Å². The fourth-order valence-corrected chi connectivity index (χ4v) is 2.10. The number of carbonyl (C=O) groups excluding carboxylic acids is 2. The molecule has 4 nitrogen and oxygen atoms in total. The van der Waals surface area contributed by atoms with E-state index in [0.717, 1.165) is 0 Å². The third kappa shape index (κ3) is 5.02. The third-order valence-electron chi connectivity index (χ3n) is 2.99. The molecule has 0 radical (unpaired) electrons. The van der Waals surface area contributed by atoms with Gasteiger partial charge in [-0.25, -0.2) is 4.79 Å². The first kappa shape index (κ1) is 16.8. The maximum Gasteiger partial charge on any atom is 0.450 e. The van der Waals surface area contributed by atoms with Crippen molar-refractivity contribution in [2.24, 2.45) is 0 Å². The molecule has 1 aliphatic rings. The molecule has 1 fully saturated rings. The zero-order valence-electron chi connectivity index (χ0n) is 11.9. The summed E-state index contributed by atoms with van der Waals surface area (Å²) in [5, 5.41) is 0. The normalized spacial score (nSPS) is 20.7. The quantitative estimate of drug-likeness (QED) is 0.785. The molecule has 0 bridgehead atoms. The summed E-state index contributed by atoms with van der Waals surface area (Å²) in [6.07, 6.45) is -4.40. The van der Waals surface area contributed by atoms with Gasteiger partial charge in [0.05, 0.1) is 0 Å². The van der Waals surface area contributed by atoms with Crippen LogP contribution in [-0.2, 0) is 9.53 Å². The van der Waals surface area contributed by atoms with Crippen LogP contribution >= 0.6 is 0 Å². The first-order valence-corrected chi connectivity index (χ1v) is 6.60. The number of hydrogen-bond donors (Lipinski definition) is 0. The lowest BCUT2D eigenvalue weighted by Gasteiger charge is -2.36. The molecule has 1 heterocycles. The minimum Gasteiger partial charge on any atom is -0.444 e. The van der Waals surface area contributed by atoms with Crippen LogP contribution in [0.25, 0.3) is 0 Å². The predicted molar refractivity (Wildman–Crippen MR) is 66.3 cm³/mol. The summed E-state index contributed by atoms with van der Waals surface area (Å²) in [5.74, 6) is -1.79. The number of carbonyl (C=O) groups is 2. The fourth-order valence-electron chi connectivity index (χ4n) is 2.10. The fraction of sp³-hybridized carbons (Fsp3) is 0.846. The van der Waals surface area contributed by atoms with E-state index >= 15 is 0 Å². The number of ketones is 1. The molecule has 0 saturated carbocycles. The van der Waals surface area contributed by atoms with Gasteiger partial charge in [0.25, 0.3) is 0 Å². The zero-order chi connectivity index (χ0) is 15.6. The lowest BCUT2D eigenvalue weighted by molar-refractivity contribution is -0.172. The van der Waals surface area contributed by atoms with Crippen molar-refractivity contribution in [3.05, 3.63) is 0 Å². The van der Waals surface area contributed by atoms with Crippen molar-refractivity contribution in [1.82, 2.24) is 4.90 Å². The van der Waals surface area contributed by atoms with Gasteiger partial charge in [0.1, 0.15) is 5.60 Å². The second-order valence-electron chi connectivity index (χ2n) is 5.95. The number of ether oxygens (including phenoxy) is 1. The monoisotopic (exact) mass is 295 g/mol. The van der Waals surface area contributed by atoms with Crippen LogP contribution in [0, 0.1) is 0 Å². The molecule has 7 heteroatoms. The number of likely N-dealkylation sites (tertiary alicyclic amines) is 1. The highest BCUT2D eigenvalue weighted by Crippen LogP contribution is 2.26. The van der Waals surface area contributed by atoms with E-state index in [9.17, 15) is 22.8 Å². The van der Waals surface area contributed by atoms with E-state index in [1.807, 2.05) is 0 Å². The molecule has 0 aromatic heterocycles. The Morgan fingerprint density at radius 3 is 2.30 bits per heavy atom. The molecule has 1 atom stereocenters. The summed E-state index contributed by atoms with van der Waals surface area (Å²) >= 11 is 0. The molecule has 1 saturated heterocycles. The average molecular weight is 295 g/mol. The highest BCUT2D eigenvalue weighted by atomic mass is 19.4. The Balaban J connectivity index is 2.72. The summed E-state index contributed by atoms with van der Waals surface area (Å²) in [6.45, 7) is 5.38. The molecular weight excluding hydrogens is 275 g/mol. The van der Waals surface area contributed by atoms with Crippen LogP contribution in [0.4, 0.5) is 18.0 Å². The van der Waals surface area contributed by atoms with Crippen LogP contribution in [0.5, 0.6) is 0 Å². The second-order valence-corrected chi connectivity index (χ2v) is 5.95. The summed E-state index contributed by atoms with van der Waals surface area (Å²) < 4.78 is 42.1. The van der Waals surface area contributed by atoms with E-state index in [1.54, 1.807) is 20.8 Å². The van der Waals surface area contributed by atoms with Crippen molar-refractivity contribution in [3.8, 4) is 0 Å². The minimum absolute atomic E-state index is 0.324. The van der Waals surface area contributed by atoms with Gasteiger partial charge in [0.2, 0.25) is 5.78 Å². The van der Waals surface area contributed by atoms with Crippen molar-refractivity contribution < 1.29 is 27.5 Å². The standard InChI is InChI=1S/C13H20F3NO3/c1-12(2,3)20-11(19)17-7-5-4-6-9(17)8-10(18)13(14,15)16/h9H,4-8H2,1-3H3. The number of piperidine rings is 1. The van der Waals surface area contributed by atoms with Gasteiger partial charge in [-0.15, -0.1) is 0 Å². The summed E-state index contributed by atoms with van der Waals surface area (Å²) in [4.78, 5) is 24.3. The van der Waals surface area contributed by atoms with E-state index in [4.69, 9.17) is 4.74 Å². The zero-order valence-corrected chi connectivity index (χ0v) is 11.9. The van der Waals surface area contributed by atoms with E-state index in [1.165, 1.54) is 4.90 Å². The molecule has 1 rings (SSSR count). The van der Waals surface area contributed by atoms with Gasteiger partial charge in [0, 0.05) is 19.0 Å². The maximum atomic E-state index is 12.3. The van der Waals surface area contributed by atoms with Crippen LogP contribution < -0.4 is 0 Å². The highest BCUT2D eigenvalue weighted by Gasteiger charge is 2.41. The van der Waals surface area contributed by atoms with Crippen molar-refractivity contribution in [1.29, 1.82) is 0 Å². The minimum atomic E-state index is -4.85. The average Bonchev–Trinajstić information content (AvgIpc) is 2.25. The van der Waals surface area contributed by atoms with Crippen molar-refractivity contribution in [2.45, 2.75) is 64.3 Å². The molecule has 1 amide bonds. The Morgan fingerprint density at radius 1 is 1.20 bits per heavy atom. The number of rotatable bonds is 2. The smallest absolute Gasteiger partial charge is 0.444 e. The Kier molecular flexibility index (Phi) is 5.05. The molecule has 0 aromatic carbocycles. The van der Waals surface area contributed by atoms with Crippen molar-refractivity contribution in [2.75, 3.05) is 6.54 Å². The van der Waals surface area contributed by atoms with Crippen LogP contribution in [0.15, 0.2) is 0 Å². The molecule has 0 aliphatic carbocycles. The van der Waals surface area contributed by atoms with Crippen molar-refractivity contribution >= 4 is 11.9 Å². The van der Waals surface area contributed by atoms with Gasteiger partial charge in [-0.3, -0.25) is 4.79 Å². The molecule has 1 aliphatic heterocycles. The first-order valence-electron chi connectivity index (χ1n) is 6.60. The van der Waals surface area contributed by atoms with Crippen molar-refractivity contribution in [3.63, 3.8) is 0 Å². The van der Waals surface area contributed by atoms with E-state index in [2.05, 4.69) is 0 Å².